The highest BCUT2D eigenvalue weighted by atomic mass is 32.2. The minimum Gasteiger partial charge on any atom is -0.271 e. The fourth-order valence-electron chi connectivity index (χ4n) is 3.59. The number of nitrogens with zero attached hydrogens (tertiary/aromatic N) is 1. The fraction of sp³-hybridized carbons (Fsp3) is 0.846. The van der Waals surface area contributed by atoms with Crippen LogP contribution < -0.4 is 0 Å². The van der Waals surface area contributed by atoms with Gasteiger partial charge in [-0.25, -0.2) is 13.8 Å². The van der Waals surface area contributed by atoms with E-state index in [1.807, 2.05) is 0 Å². The molecule has 4 unspecified atom stereocenters. The van der Waals surface area contributed by atoms with Gasteiger partial charge in [-0.15, -0.1) is 0 Å². The summed E-state index contributed by atoms with van der Waals surface area (Å²) in [5.74, 6) is -4.74. The van der Waals surface area contributed by atoms with Gasteiger partial charge < -0.3 is 0 Å². The zero-order chi connectivity index (χ0) is 15.6. The van der Waals surface area contributed by atoms with E-state index in [0.29, 0.717) is 24.6 Å². The van der Waals surface area contributed by atoms with Gasteiger partial charge in [-0.1, -0.05) is 11.8 Å². The molecule has 2 aliphatic carbocycles. The van der Waals surface area contributed by atoms with Crippen LogP contribution in [0.3, 0.4) is 0 Å². The molecule has 0 N–H and O–H groups in total. The highest BCUT2D eigenvalue weighted by Crippen LogP contribution is 2.58. The smallest absolute Gasteiger partial charge is 0.271 e. The van der Waals surface area contributed by atoms with Crippen LogP contribution in [0.5, 0.6) is 0 Å². The van der Waals surface area contributed by atoms with Crippen molar-refractivity contribution >= 4 is 22.7 Å². The van der Waals surface area contributed by atoms with Crippen LogP contribution in [-0.4, -0.2) is 27.8 Å². The van der Waals surface area contributed by atoms with Crippen molar-refractivity contribution in [2.45, 2.75) is 49.5 Å². The van der Waals surface area contributed by atoms with Crippen molar-refractivity contribution in [3.63, 3.8) is 0 Å². The number of rotatable bonds is 2. The Balaban J connectivity index is 1.67. The first-order valence-corrected chi connectivity index (χ1v) is 7.60. The van der Waals surface area contributed by atoms with Gasteiger partial charge in [0.25, 0.3) is 11.8 Å². The number of hydrogen-bond acceptors (Lipinski definition) is 2. The summed E-state index contributed by atoms with van der Waals surface area (Å²) in [5, 5.41) is 0.140. The van der Waals surface area contributed by atoms with Gasteiger partial charge >= 0.3 is 6.18 Å². The zero-order valence-corrected chi connectivity index (χ0v) is 12.0. The maximum Gasteiger partial charge on any atom is 0.412 e. The lowest BCUT2D eigenvalue weighted by Gasteiger charge is -2.28. The Morgan fingerprint density at radius 3 is 2.43 bits per heavy atom. The van der Waals surface area contributed by atoms with Crippen LogP contribution in [0.2, 0.25) is 0 Å². The van der Waals surface area contributed by atoms with Crippen molar-refractivity contribution in [3.8, 4) is 0 Å². The molecule has 1 heterocycles. The van der Waals surface area contributed by atoms with Crippen molar-refractivity contribution in [1.82, 2.24) is 0 Å². The number of alkyl halides is 5. The Labute approximate surface area is 122 Å². The quantitative estimate of drug-likeness (QED) is 0.716. The molecule has 8 heteroatoms. The van der Waals surface area contributed by atoms with Crippen molar-refractivity contribution < 1.29 is 26.7 Å². The van der Waals surface area contributed by atoms with Crippen LogP contribution in [0.4, 0.5) is 22.0 Å². The number of carbonyl (C=O) groups is 1. The number of amides is 1. The molecule has 2 saturated carbocycles. The van der Waals surface area contributed by atoms with Gasteiger partial charge in [0.05, 0.1) is 5.04 Å². The van der Waals surface area contributed by atoms with Gasteiger partial charge in [-0.2, -0.15) is 13.2 Å². The number of hydrogen-bond donors (Lipinski definition) is 0. The summed E-state index contributed by atoms with van der Waals surface area (Å²) in [7, 11) is 0. The van der Waals surface area contributed by atoms with Crippen LogP contribution in [0.25, 0.3) is 0 Å². The summed E-state index contributed by atoms with van der Waals surface area (Å²) in [4.78, 5) is 15.1. The standard InChI is InChI=1S/C13H14F5NOS/c1-11(13(16,17)18)10(20)19-9(21-11)4-6-2-8-3-7(6)5-12(8,14)15/h6-8H,2-5H2,1H3. The van der Waals surface area contributed by atoms with E-state index < -0.39 is 28.7 Å². The molecule has 3 rings (SSSR count). The lowest BCUT2D eigenvalue weighted by molar-refractivity contribution is -0.165. The molecule has 0 aromatic carbocycles. The van der Waals surface area contributed by atoms with Crippen molar-refractivity contribution in [2.75, 3.05) is 0 Å². The highest BCUT2D eigenvalue weighted by molar-refractivity contribution is 8.16. The van der Waals surface area contributed by atoms with Crippen molar-refractivity contribution in [1.29, 1.82) is 0 Å². The van der Waals surface area contributed by atoms with Crippen molar-refractivity contribution in [2.24, 2.45) is 22.7 Å². The Morgan fingerprint density at radius 1 is 1.33 bits per heavy atom. The van der Waals surface area contributed by atoms with Gasteiger partial charge in [0.15, 0.2) is 4.75 Å². The summed E-state index contributed by atoms with van der Waals surface area (Å²) in [5.41, 5.74) is 0. The van der Waals surface area contributed by atoms with Crippen molar-refractivity contribution in [3.05, 3.63) is 0 Å². The Morgan fingerprint density at radius 2 is 2.00 bits per heavy atom. The van der Waals surface area contributed by atoms with Crippen LogP contribution in [-0.2, 0) is 4.79 Å². The third-order valence-electron chi connectivity index (χ3n) is 4.91. The first kappa shape index (κ1) is 15.2. The molecule has 2 bridgehead atoms. The molecule has 4 atom stereocenters. The summed E-state index contributed by atoms with van der Waals surface area (Å²) in [6.07, 6.45) is -3.90. The normalized spacial score (nSPS) is 41.7. The van der Waals surface area contributed by atoms with E-state index in [2.05, 4.69) is 4.99 Å². The van der Waals surface area contributed by atoms with Gasteiger partial charge in [-0.05, 0) is 38.0 Å². The molecule has 1 aliphatic heterocycles. The predicted molar refractivity (Wildman–Crippen MR) is 68.4 cm³/mol. The Bertz CT molecular complexity index is 517. The first-order valence-electron chi connectivity index (χ1n) is 6.78. The third kappa shape index (κ3) is 2.29. The van der Waals surface area contributed by atoms with Crippen LogP contribution in [0.15, 0.2) is 4.99 Å². The molecular weight excluding hydrogens is 313 g/mol. The van der Waals surface area contributed by atoms with E-state index in [1.165, 1.54) is 0 Å². The van der Waals surface area contributed by atoms with Gasteiger partial charge in [-0.3, -0.25) is 4.79 Å². The number of halogens is 5. The largest absolute Gasteiger partial charge is 0.412 e. The van der Waals surface area contributed by atoms with E-state index in [4.69, 9.17) is 0 Å². The van der Waals surface area contributed by atoms with Crippen LogP contribution in [0, 0.1) is 17.8 Å². The molecule has 21 heavy (non-hydrogen) atoms. The van der Waals surface area contributed by atoms with Gasteiger partial charge in [0.2, 0.25) is 0 Å². The molecule has 1 amide bonds. The molecule has 0 radical (unpaired) electrons. The lowest BCUT2D eigenvalue weighted by atomic mass is 9.85. The summed E-state index contributed by atoms with van der Waals surface area (Å²) in [6.45, 7) is 0.825. The number of aliphatic imine (C=N–C) groups is 1. The second-order valence-corrected chi connectivity index (χ2v) is 7.79. The van der Waals surface area contributed by atoms with E-state index in [-0.39, 0.29) is 29.7 Å². The fourth-order valence-corrected chi connectivity index (χ4v) is 4.73. The second-order valence-electron chi connectivity index (χ2n) is 6.30. The van der Waals surface area contributed by atoms with E-state index in [0.717, 1.165) is 6.92 Å². The monoisotopic (exact) mass is 327 g/mol. The molecule has 0 spiro atoms. The Hall–Kier alpha value is -0.660. The first-order chi connectivity index (χ1) is 9.53. The third-order valence-corrected chi connectivity index (χ3v) is 6.21. The Kier molecular flexibility index (Phi) is 3.21. The summed E-state index contributed by atoms with van der Waals surface area (Å²) >= 11 is 0.430. The molecule has 2 fully saturated rings. The SMILES string of the molecule is CC1(C(F)(F)F)SC(CC2CC3CC2CC3(F)F)=NC1=O. The lowest BCUT2D eigenvalue weighted by Crippen LogP contribution is -2.43. The minimum absolute atomic E-state index is 0.0794. The van der Waals surface area contributed by atoms with E-state index in [9.17, 15) is 26.7 Å². The maximum absolute atomic E-state index is 13.4. The number of thioether (sulfide) groups is 1. The molecule has 0 aromatic heterocycles. The minimum atomic E-state index is -4.66. The average molecular weight is 327 g/mol. The zero-order valence-electron chi connectivity index (χ0n) is 11.2. The molecule has 118 valence electrons. The van der Waals surface area contributed by atoms with Gasteiger partial charge in [0.1, 0.15) is 0 Å². The maximum atomic E-state index is 13.4. The summed E-state index contributed by atoms with van der Waals surface area (Å²) < 4.78 is 63.1. The number of fused-ring (bicyclic) bond motifs is 2. The second kappa shape index (κ2) is 4.43. The highest BCUT2D eigenvalue weighted by Gasteiger charge is 2.62. The van der Waals surface area contributed by atoms with Crippen LogP contribution >= 0.6 is 11.8 Å². The molecular formula is C13H14F5NOS. The predicted octanol–water partition coefficient (Wildman–Crippen LogP) is 4.05. The number of carbonyl (C=O) groups excluding carboxylic acids is 1. The summed E-state index contributed by atoms with van der Waals surface area (Å²) in [6, 6.07) is 0. The average Bonchev–Trinajstić information content (AvgIpc) is 2.90. The van der Waals surface area contributed by atoms with Gasteiger partial charge in [0, 0.05) is 12.3 Å². The molecule has 0 saturated heterocycles. The molecule has 3 aliphatic rings. The van der Waals surface area contributed by atoms with E-state index in [1.54, 1.807) is 0 Å². The van der Waals surface area contributed by atoms with Crippen LogP contribution in [0.1, 0.15) is 32.6 Å². The van der Waals surface area contributed by atoms with E-state index >= 15 is 0 Å². The molecule has 0 aromatic rings. The molecule has 2 nitrogen and oxygen atoms in total. The topological polar surface area (TPSA) is 29.4 Å².